The van der Waals surface area contributed by atoms with Crippen molar-refractivity contribution in [2.75, 3.05) is 0 Å². The molecule has 5 heteroatoms. The van der Waals surface area contributed by atoms with Crippen molar-refractivity contribution in [3.05, 3.63) is 65.9 Å². The number of carbonyl (C=O) groups excluding carboxylic acids is 2. The smallest absolute Gasteiger partial charge is 0.293 e. The predicted molar refractivity (Wildman–Crippen MR) is 88.9 cm³/mol. The Bertz CT molecular complexity index is 884. The number of ketones is 1. The highest BCUT2D eigenvalue weighted by molar-refractivity contribution is 6.83. The van der Waals surface area contributed by atoms with E-state index >= 15 is 0 Å². The van der Waals surface area contributed by atoms with Gasteiger partial charge in [-0.1, -0.05) is 30.3 Å². The molecule has 23 heavy (non-hydrogen) atoms. The summed E-state index contributed by atoms with van der Waals surface area (Å²) in [5.74, 6) is -0.0823. The van der Waals surface area contributed by atoms with Crippen molar-refractivity contribution in [3.8, 4) is 5.75 Å². The van der Waals surface area contributed by atoms with Crippen LogP contribution in [-0.2, 0) is 18.4 Å². The van der Waals surface area contributed by atoms with E-state index < -0.39 is 11.0 Å². The molecular formula is C18H14ClNO3. The number of halogens is 1. The van der Waals surface area contributed by atoms with Crippen LogP contribution in [0.25, 0.3) is 10.9 Å². The van der Waals surface area contributed by atoms with Gasteiger partial charge in [0.15, 0.2) is 0 Å². The summed E-state index contributed by atoms with van der Waals surface area (Å²) < 4.78 is 7.55. The fourth-order valence-electron chi connectivity index (χ4n) is 2.49. The van der Waals surface area contributed by atoms with Gasteiger partial charge in [0.1, 0.15) is 12.4 Å². The predicted octanol–water partition coefficient (Wildman–Crippen LogP) is 3.71. The van der Waals surface area contributed by atoms with Crippen molar-refractivity contribution in [1.82, 2.24) is 4.57 Å². The van der Waals surface area contributed by atoms with E-state index in [0.29, 0.717) is 17.7 Å². The Hall–Kier alpha value is -2.59. The summed E-state index contributed by atoms with van der Waals surface area (Å²) in [4.78, 5) is 23.1. The number of aryl methyl sites for hydroxylation is 1. The van der Waals surface area contributed by atoms with Gasteiger partial charge in [-0.15, -0.1) is 0 Å². The quantitative estimate of drug-likeness (QED) is 0.408. The van der Waals surface area contributed by atoms with Crippen LogP contribution in [0.2, 0.25) is 0 Å². The third-order valence-corrected chi connectivity index (χ3v) is 3.80. The summed E-state index contributed by atoms with van der Waals surface area (Å²) >= 11 is 5.32. The molecule has 0 fully saturated rings. The largest absolute Gasteiger partial charge is 0.489 e. The van der Waals surface area contributed by atoms with Crippen LogP contribution in [0, 0.1) is 0 Å². The highest BCUT2D eigenvalue weighted by atomic mass is 35.5. The Morgan fingerprint density at radius 1 is 1.13 bits per heavy atom. The van der Waals surface area contributed by atoms with E-state index in [4.69, 9.17) is 16.3 Å². The van der Waals surface area contributed by atoms with Crippen molar-refractivity contribution >= 4 is 33.5 Å². The summed E-state index contributed by atoms with van der Waals surface area (Å²) in [5.41, 5.74) is 2.17. The van der Waals surface area contributed by atoms with Crippen LogP contribution in [0.4, 0.5) is 0 Å². The zero-order valence-electron chi connectivity index (χ0n) is 12.5. The SMILES string of the molecule is Cn1cc(C(=O)C(=O)Cl)c2cc(OCc3ccccc3)ccc21. The number of nitrogens with zero attached hydrogens (tertiary/aromatic N) is 1. The molecule has 3 rings (SSSR count). The van der Waals surface area contributed by atoms with Crippen LogP contribution >= 0.6 is 11.6 Å². The first-order chi connectivity index (χ1) is 11.1. The summed E-state index contributed by atoms with van der Waals surface area (Å²) in [6, 6.07) is 15.2. The minimum absolute atomic E-state index is 0.285. The standard InChI is InChI=1S/C18H14ClNO3/c1-20-10-15(17(21)18(19)22)14-9-13(7-8-16(14)20)23-11-12-5-3-2-4-6-12/h2-10H,11H2,1H3. The van der Waals surface area contributed by atoms with Gasteiger partial charge in [0.2, 0.25) is 5.78 Å². The Balaban J connectivity index is 1.93. The van der Waals surface area contributed by atoms with Gasteiger partial charge in [0, 0.05) is 24.1 Å². The minimum atomic E-state index is -0.992. The molecule has 0 spiro atoms. The number of Topliss-reactive ketones (excluding diaryl/α,β-unsaturated/α-hetero) is 1. The topological polar surface area (TPSA) is 48.3 Å². The lowest BCUT2D eigenvalue weighted by Gasteiger charge is -2.07. The molecule has 1 heterocycles. The van der Waals surface area contributed by atoms with Crippen molar-refractivity contribution < 1.29 is 14.3 Å². The molecule has 0 radical (unpaired) electrons. The lowest BCUT2D eigenvalue weighted by Crippen LogP contribution is -2.06. The number of benzene rings is 2. The maximum atomic E-state index is 11.9. The molecule has 4 nitrogen and oxygen atoms in total. The van der Waals surface area contributed by atoms with Crippen LogP contribution in [-0.4, -0.2) is 15.6 Å². The zero-order chi connectivity index (χ0) is 16.4. The summed E-state index contributed by atoms with van der Waals surface area (Å²) in [6.07, 6.45) is 1.61. The molecule has 1 aromatic heterocycles. The molecule has 0 unspecified atom stereocenters. The van der Waals surface area contributed by atoms with E-state index in [1.807, 2.05) is 49.5 Å². The fraction of sp³-hybridized carbons (Fsp3) is 0.111. The third-order valence-electron chi connectivity index (χ3n) is 3.63. The van der Waals surface area contributed by atoms with Crippen LogP contribution in [0.15, 0.2) is 54.7 Å². The van der Waals surface area contributed by atoms with Gasteiger partial charge in [-0.3, -0.25) is 9.59 Å². The molecule has 3 aromatic rings. The first kappa shape index (κ1) is 15.3. The number of hydrogen-bond acceptors (Lipinski definition) is 3. The Morgan fingerprint density at radius 3 is 2.57 bits per heavy atom. The first-order valence-corrected chi connectivity index (χ1v) is 7.44. The molecule has 0 bridgehead atoms. The zero-order valence-corrected chi connectivity index (χ0v) is 13.2. The maximum Gasteiger partial charge on any atom is 0.293 e. The van der Waals surface area contributed by atoms with Gasteiger partial charge in [-0.05, 0) is 35.4 Å². The van der Waals surface area contributed by atoms with E-state index in [0.717, 1.165) is 11.1 Å². The average Bonchev–Trinajstić information content (AvgIpc) is 2.89. The molecule has 0 N–H and O–H groups in total. The number of aromatic nitrogens is 1. The number of rotatable bonds is 5. The van der Waals surface area contributed by atoms with Gasteiger partial charge in [0.05, 0.1) is 5.56 Å². The highest BCUT2D eigenvalue weighted by Crippen LogP contribution is 2.26. The number of hydrogen-bond donors (Lipinski definition) is 0. The second-order valence-electron chi connectivity index (χ2n) is 5.21. The molecule has 0 atom stereocenters. The lowest BCUT2D eigenvalue weighted by molar-refractivity contribution is -0.108. The third kappa shape index (κ3) is 3.12. The van der Waals surface area contributed by atoms with Crippen LogP contribution in [0.1, 0.15) is 15.9 Å². The molecule has 0 saturated carbocycles. The number of carbonyl (C=O) groups is 2. The van der Waals surface area contributed by atoms with Gasteiger partial charge >= 0.3 is 0 Å². The number of fused-ring (bicyclic) bond motifs is 1. The van der Waals surface area contributed by atoms with Crippen molar-refractivity contribution in [1.29, 1.82) is 0 Å². The molecule has 116 valence electrons. The van der Waals surface area contributed by atoms with Crippen LogP contribution < -0.4 is 4.74 Å². The Labute approximate surface area is 138 Å². The van der Waals surface area contributed by atoms with Gasteiger partial charge < -0.3 is 9.30 Å². The van der Waals surface area contributed by atoms with Crippen molar-refractivity contribution in [2.45, 2.75) is 6.61 Å². The lowest BCUT2D eigenvalue weighted by atomic mass is 10.1. The Kier molecular flexibility index (Phi) is 4.17. The summed E-state index contributed by atoms with van der Waals surface area (Å²) in [7, 11) is 1.81. The van der Waals surface area contributed by atoms with E-state index in [1.165, 1.54) is 0 Å². The van der Waals surface area contributed by atoms with Gasteiger partial charge in [-0.2, -0.15) is 0 Å². The van der Waals surface area contributed by atoms with Gasteiger partial charge in [-0.25, -0.2) is 0 Å². The minimum Gasteiger partial charge on any atom is -0.489 e. The summed E-state index contributed by atoms with van der Waals surface area (Å²) in [5, 5.41) is -0.342. The highest BCUT2D eigenvalue weighted by Gasteiger charge is 2.19. The van der Waals surface area contributed by atoms with E-state index in [9.17, 15) is 9.59 Å². The van der Waals surface area contributed by atoms with Gasteiger partial charge in [0.25, 0.3) is 5.24 Å². The van der Waals surface area contributed by atoms with Crippen LogP contribution in [0.3, 0.4) is 0 Å². The average molecular weight is 328 g/mol. The summed E-state index contributed by atoms with van der Waals surface area (Å²) in [6.45, 7) is 0.427. The normalized spacial score (nSPS) is 10.7. The first-order valence-electron chi connectivity index (χ1n) is 7.06. The second-order valence-corrected chi connectivity index (χ2v) is 5.55. The molecule has 2 aromatic carbocycles. The van der Waals surface area contributed by atoms with E-state index in [1.54, 1.807) is 16.8 Å². The molecule has 0 saturated heterocycles. The molecular weight excluding hydrogens is 314 g/mol. The molecule has 0 amide bonds. The second kappa shape index (κ2) is 6.26. The maximum absolute atomic E-state index is 11.9. The molecule has 0 aliphatic heterocycles. The van der Waals surface area contributed by atoms with E-state index in [2.05, 4.69) is 0 Å². The number of ether oxygens (including phenoxy) is 1. The molecule has 0 aliphatic rings. The Morgan fingerprint density at radius 2 is 1.87 bits per heavy atom. The van der Waals surface area contributed by atoms with Crippen LogP contribution in [0.5, 0.6) is 5.75 Å². The monoisotopic (exact) mass is 327 g/mol. The van der Waals surface area contributed by atoms with Crippen molar-refractivity contribution in [2.24, 2.45) is 7.05 Å². The molecule has 0 aliphatic carbocycles. The van der Waals surface area contributed by atoms with Crippen molar-refractivity contribution in [3.63, 3.8) is 0 Å². The fourth-order valence-corrected chi connectivity index (χ4v) is 2.59. The van der Waals surface area contributed by atoms with E-state index in [-0.39, 0.29) is 5.56 Å².